The van der Waals surface area contributed by atoms with Crippen molar-refractivity contribution in [1.29, 1.82) is 0 Å². The standard InChI is InChI=1S/C14H17F3N2OS/c1-20-10-3-2-6-19(8-10)9-4-5-11(13(18)21)12(7-9)14(15,16)17/h4-5,7,10H,2-3,6,8H2,1H3,(H2,18,21). The summed E-state index contributed by atoms with van der Waals surface area (Å²) in [6.45, 7) is 1.30. The van der Waals surface area contributed by atoms with Crippen molar-refractivity contribution in [1.82, 2.24) is 0 Å². The summed E-state index contributed by atoms with van der Waals surface area (Å²) in [5, 5.41) is 0. The second kappa shape index (κ2) is 6.19. The van der Waals surface area contributed by atoms with E-state index in [1.807, 2.05) is 4.90 Å². The lowest BCUT2D eigenvalue weighted by Gasteiger charge is -2.34. The molecule has 0 saturated carbocycles. The molecule has 0 amide bonds. The highest BCUT2D eigenvalue weighted by Crippen LogP contribution is 2.35. The van der Waals surface area contributed by atoms with Crippen LogP contribution in [0.25, 0.3) is 0 Å². The maximum atomic E-state index is 13.1. The molecule has 1 unspecified atom stereocenters. The van der Waals surface area contributed by atoms with Gasteiger partial charge in [-0.2, -0.15) is 13.2 Å². The summed E-state index contributed by atoms with van der Waals surface area (Å²) in [7, 11) is 1.62. The van der Waals surface area contributed by atoms with E-state index in [4.69, 9.17) is 22.7 Å². The monoisotopic (exact) mass is 318 g/mol. The van der Waals surface area contributed by atoms with Gasteiger partial charge in [0.2, 0.25) is 0 Å². The molecule has 1 fully saturated rings. The van der Waals surface area contributed by atoms with Crippen molar-refractivity contribution >= 4 is 22.9 Å². The van der Waals surface area contributed by atoms with Crippen LogP contribution in [-0.2, 0) is 10.9 Å². The molecule has 1 aromatic rings. The maximum absolute atomic E-state index is 13.1. The van der Waals surface area contributed by atoms with Crippen molar-refractivity contribution in [3.8, 4) is 0 Å². The molecule has 0 radical (unpaired) electrons. The summed E-state index contributed by atoms with van der Waals surface area (Å²) in [5.41, 5.74) is 4.98. The van der Waals surface area contributed by atoms with Gasteiger partial charge in [0.25, 0.3) is 0 Å². The number of methoxy groups -OCH3 is 1. The molecule has 3 nitrogen and oxygen atoms in total. The second-order valence-corrected chi connectivity index (χ2v) is 5.48. The summed E-state index contributed by atoms with van der Waals surface area (Å²) < 4.78 is 44.7. The molecule has 1 aliphatic rings. The van der Waals surface area contributed by atoms with E-state index >= 15 is 0 Å². The average Bonchev–Trinajstić information content (AvgIpc) is 2.45. The zero-order valence-electron chi connectivity index (χ0n) is 11.6. The zero-order valence-corrected chi connectivity index (χ0v) is 12.4. The van der Waals surface area contributed by atoms with E-state index in [1.54, 1.807) is 13.2 Å². The molecular formula is C14H17F3N2OS. The van der Waals surface area contributed by atoms with Gasteiger partial charge >= 0.3 is 6.18 Å². The first-order chi connectivity index (χ1) is 9.82. The molecule has 7 heteroatoms. The number of hydrogen-bond donors (Lipinski definition) is 1. The number of thiocarbonyl (C=S) groups is 1. The first kappa shape index (κ1) is 16.0. The number of benzene rings is 1. The van der Waals surface area contributed by atoms with Gasteiger partial charge in [0.1, 0.15) is 4.99 Å². The smallest absolute Gasteiger partial charge is 0.389 e. The number of rotatable bonds is 3. The van der Waals surface area contributed by atoms with Gasteiger partial charge in [0.05, 0.1) is 11.7 Å². The lowest BCUT2D eigenvalue weighted by Crippen LogP contribution is -2.39. The largest absolute Gasteiger partial charge is 0.417 e. The van der Waals surface area contributed by atoms with E-state index in [2.05, 4.69) is 0 Å². The number of anilines is 1. The fourth-order valence-electron chi connectivity index (χ4n) is 2.54. The Bertz CT molecular complexity index is 533. The number of halogens is 3. The Morgan fingerprint density at radius 2 is 2.14 bits per heavy atom. The van der Waals surface area contributed by atoms with Crippen LogP contribution in [0.15, 0.2) is 18.2 Å². The van der Waals surface area contributed by atoms with Crippen molar-refractivity contribution in [3.63, 3.8) is 0 Å². The van der Waals surface area contributed by atoms with E-state index < -0.39 is 11.7 Å². The normalized spacial score (nSPS) is 19.6. The minimum Gasteiger partial charge on any atom is -0.389 e. The third kappa shape index (κ3) is 3.65. The summed E-state index contributed by atoms with van der Waals surface area (Å²) in [5.74, 6) is 0. The fraction of sp³-hybridized carbons (Fsp3) is 0.500. The van der Waals surface area contributed by atoms with Crippen LogP contribution in [-0.4, -0.2) is 31.3 Å². The minimum absolute atomic E-state index is 0.0448. The SMILES string of the molecule is COC1CCCN(c2ccc(C(N)=S)c(C(F)(F)F)c2)C1. The van der Waals surface area contributed by atoms with Crippen LogP contribution >= 0.6 is 12.2 Å². The van der Waals surface area contributed by atoms with Crippen molar-refractivity contribution < 1.29 is 17.9 Å². The van der Waals surface area contributed by atoms with E-state index in [0.717, 1.165) is 18.9 Å². The second-order valence-electron chi connectivity index (χ2n) is 5.04. The van der Waals surface area contributed by atoms with E-state index in [1.165, 1.54) is 6.07 Å². The van der Waals surface area contributed by atoms with Gasteiger partial charge in [-0.05, 0) is 31.0 Å². The number of nitrogens with zero attached hydrogens (tertiary/aromatic N) is 1. The third-order valence-corrected chi connectivity index (χ3v) is 3.87. The van der Waals surface area contributed by atoms with Gasteiger partial charge in [-0.25, -0.2) is 0 Å². The number of alkyl halides is 3. The Morgan fingerprint density at radius 1 is 1.43 bits per heavy atom. The van der Waals surface area contributed by atoms with Gasteiger partial charge in [-0.15, -0.1) is 0 Å². The molecule has 0 bridgehead atoms. The predicted octanol–water partition coefficient (Wildman–Crippen LogP) is 2.95. The minimum atomic E-state index is -4.48. The third-order valence-electron chi connectivity index (χ3n) is 3.65. The average molecular weight is 318 g/mol. The van der Waals surface area contributed by atoms with Crippen LogP contribution in [0.1, 0.15) is 24.0 Å². The summed E-state index contributed by atoms with van der Waals surface area (Å²) in [6.07, 6.45) is -2.63. The molecule has 116 valence electrons. The zero-order chi connectivity index (χ0) is 15.6. The van der Waals surface area contributed by atoms with Crippen LogP contribution in [0.3, 0.4) is 0 Å². The maximum Gasteiger partial charge on any atom is 0.417 e. The van der Waals surface area contributed by atoms with Crippen LogP contribution in [0.4, 0.5) is 18.9 Å². The van der Waals surface area contributed by atoms with Crippen LogP contribution in [0.5, 0.6) is 0 Å². The molecule has 21 heavy (non-hydrogen) atoms. The first-order valence-electron chi connectivity index (χ1n) is 6.61. The number of nitrogens with two attached hydrogens (primary N) is 1. The molecule has 1 heterocycles. The molecule has 1 atom stereocenters. The van der Waals surface area contributed by atoms with Gasteiger partial charge < -0.3 is 15.4 Å². The fourth-order valence-corrected chi connectivity index (χ4v) is 2.72. The van der Waals surface area contributed by atoms with Crippen LogP contribution in [0.2, 0.25) is 0 Å². The van der Waals surface area contributed by atoms with Gasteiger partial charge in [0, 0.05) is 31.5 Å². The molecule has 0 aromatic heterocycles. The van der Waals surface area contributed by atoms with E-state index in [9.17, 15) is 13.2 Å². The van der Waals surface area contributed by atoms with Crippen molar-refractivity contribution in [2.45, 2.75) is 25.1 Å². The van der Waals surface area contributed by atoms with Gasteiger partial charge in [0.15, 0.2) is 0 Å². The molecule has 1 aromatic carbocycles. The first-order valence-corrected chi connectivity index (χ1v) is 7.02. The summed E-state index contributed by atoms with van der Waals surface area (Å²) in [4.78, 5) is 1.65. The highest BCUT2D eigenvalue weighted by atomic mass is 32.1. The van der Waals surface area contributed by atoms with Crippen molar-refractivity contribution in [3.05, 3.63) is 29.3 Å². The Kier molecular flexibility index (Phi) is 4.73. The Hall–Kier alpha value is -1.34. The number of hydrogen-bond acceptors (Lipinski definition) is 3. The lowest BCUT2D eigenvalue weighted by molar-refractivity contribution is -0.137. The Morgan fingerprint density at radius 3 is 2.71 bits per heavy atom. The van der Waals surface area contributed by atoms with Gasteiger partial charge in [-0.3, -0.25) is 0 Å². The lowest BCUT2D eigenvalue weighted by atomic mass is 10.0. The number of piperidine rings is 1. The Labute approximate surface area is 126 Å². The highest BCUT2D eigenvalue weighted by Gasteiger charge is 2.35. The van der Waals surface area contributed by atoms with Crippen molar-refractivity contribution in [2.24, 2.45) is 5.73 Å². The molecule has 0 aliphatic carbocycles. The van der Waals surface area contributed by atoms with E-state index in [-0.39, 0.29) is 16.7 Å². The van der Waals surface area contributed by atoms with E-state index in [0.29, 0.717) is 18.8 Å². The Balaban J connectivity index is 2.35. The van der Waals surface area contributed by atoms with Crippen LogP contribution < -0.4 is 10.6 Å². The molecule has 1 aliphatic heterocycles. The number of ether oxygens (including phenoxy) is 1. The van der Waals surface area contributed by atoms with Crippen LogP contribution in [0, 0.1) is 0 Å². The van der Waals surface area contributed by atoms with Gasteiger partial charge in [-0.1, -0.05) is 12.2 Å². The molecule has 0 spiro atoms. The summed E-state index contributed by atoms with van der Waals surface area (Å²) in [6, 6.07) is 4.09. The molecule has 1 saturated heterocycles. The highest BCUT2D eigenvalue weighted by molar-refractivity contribution is 7.80. The summed E-state index contributed by atoms with van der Waals surface area (Å²) >= 11 is 4.70. The quantitative estimate of drug-likeness (QED) is 0.870. The topological polar surface area (TPSA) is 38.5 Å². The van der Waals surface area contributed by atoms with Crippen molar-refractivity contribution in [2.75, 3.05) is 25.1 Å². The predicted molar refractivity (Wildman–Crippen MR) is 79.6 cm³/mol. The molecular weight excluding hydrogens is 301 g/mol. The molecule has 2 N–H and O–H groups in total. The molecule has 2 rings (SSSR count).